The maximum atomic E-state index is 12.0. The van der Waals surface area contributed by atoms with Gasteiger partial charge in [-0.15, -0.1) is 0 Å². The molecule has 126 valence electrons. The van der Waals surface area contributed by atoms with Gasteiger partial charge < -0.3 is 20.5 Å². The van der Waals surface area contributed by atoms with Crippen molar-refractivity contribution in [3.63, 3.8) is 0 Å². The molecular weight excluding hydrogens is 306 g/mol. The first-order valence-corrected chi connectivity index (χ1v) is 7.93. The largest absolute Gasteiger partial charge is 0.497 e. The van der Waals surface area contributed by atoms with Gasteiger partial charge >= 0.3 is 0 Å². The molecule has 0 saturated carbocycles. The van der Waals surface area contributed by atoms with Crippen LogP contribution in [0.5, 0.6) is 5.75 Å². The fourth-order valence-electron chi connectivity index (χ4n) is 2.85. The van der Waals surface area contributed by atoms with Crippen LogP contribution in [0.2, 0.25) is 0 Å². The zero-order valence-electron chi connectivity index (χ0n) is 13.5. The highest BCUT2D eigenvalue weighted by molar-refractivity contribution is 5.93. The molecular formula is C18H21N3O3. The third-order valence-electron chi connectivity index (χ3n) is 4.27. The van der Waals surface area contributed by atoms with Crippen LogP contribution in [-0.4, -0.2) is 41.8 Å². The Labute approximate surface area is 140 Å². The highest BCUT2D eigenvalue weighted by Gasteiger charge is 2.25. The standard InChI is InChI=1S/C18H21N3O3/c1-24-15-5-4-12-8-16(20-10-14(12)7-15)17(22)11-21-18(23)13-3-2-6-19-9-13/h2-7,9,16-17,20,22H,8,10-11H2,1H3,(H,21,23)/t16-,17+/m0/s1. The van der Waals surface area contributed by atoms with Gasteiger partial charge in [-0.25, -0.2) is 0 Å². The second-order valence-corrected chi connectivity index (χ2v) is 5.85. The number of nitrogens with zero attached hydrogens (tertiary/aromatic N) is 1. The number of rotatable bonds is 5. The van der Waals surface area contributed by atoms with Gasteiger partial charge in [0.25, 0.3) is 5.91 Å². The van der Waals surface area contributed by atoms with Crippen LogP contribution in [-0.2, 0) is 13.0 Å². The first-order valence-electron chi connectivity index (χ1n) is 7.93. The fourth-order valence-corrected chi connectivity index (χ4v) is 2.85. The number of fused-ring (bicyclic) bond motifs is 1. The molecule has 0 aliphatic carbocycles. The number of aliphatic hydroxyl groups excluding tert-OH is 1. The predicted octanol–water partition coefficient (Wildman–Crippen LogP) is 0.895. The van der Waals surface area contributed by atoms with E-state index in [1.165, 1.54) is 17.3 Å². The molecule has 1 amide bonds. The highest BCUT2D eigenvalue weighted by Crippen LogP contribution is 2.23. The van der Waals surface area contributed by atoms with Crippen molar-refractivity contribution in [2.75, 3.05) is 13.7 Å². The van der Waals surface area contributed by atoms with Crippen LogP contribution in [0.15, 0.2) is 42.7 Å². The van der Waals surface area contributed by atoms with Crippen molar-refractivity contribution in [3.05, 3.63) is 59.4 Å². The summed E-state index contributed by atoms with van der Waals surface area (Å²) < 4.78 is 5.23. The van der Waals surface area contributed by atoms with Crippen LogP contribution in [0.1, 0.15) is 21.5 Å². The number of ether oxygens (including phenoxy) is 1. The summed E-state index contributed by atoms with van der Waals surface area (Å²) in [5.41, 5.74) is 2.85. The normalized spacial score (nSPS) is 17.7. The number of hydrogen-bond acceptors (Lipinski definition) is 5. The Morgan fingerprint density at radius 1 is 1.46 bits per heavy atom. The van der Waals surface area contributed by atoms with E-state index in [0.29, 0.717) is 18.5 Å². The Kier molecular flexibility index (Phi) is 5.08. The van der Waals surface area contributed by atoms with Crippen molar-refractivity contribution in [2.24, 2.45) is 0 Å². The molecule has 0 bridgehead atoms. The number of carbonyl (C=O) groups excluding carboxylic acids is 1. The SMILES string of the molecule is COc1ccc2c(c1)CN[C@H]([C@H](O)CNC(=O)c1cccnc1)C2. The number of pyridine rings is 1. The van der Waals surface area contributed by atoms with Gasteiger partial charge in [0.2, 0.25) is 0 Å². The minimum atomic E-state index is -0.666. The first-order chi connectivity index (χ1) is 11.7. The molecule has 2 aromatic rings. The fraction of sp³-hybridized carbons (Fsp3) is 0.333. The first kappa shape index (κ1) is 16.4. The Bertz CT molecular complexity index is 706. The summed E-state index contributed by atoms with van der Waals surface area (Å²) in [6.07, 6.45) is 3.16. The number of carbonyl (C=O) groups is 1. The lowest BCUT2D eigenvalue weighted by Crippen LogP contribution is -2.49. The molecule has 24 heavy (non-hydrogen) atoms. The lowest BCUT2D eigenvalue weighted by molar-refractivity contribution is 0.0869. The lowest BCUT2D eigenvalue weighted by atomic mass is 9.92. The van der Waals surface area contributed by atoms with Crippen molar-refractivity contribution < 1.29 is 14.6 Å². The number of amides is 1. The van der Waals surface area contributed by atoms with Gasteiger partial charge in [0, 0.05) is 31.5 Å². The van der Waals surface area contributed by atoms with Crippen LogP contribution < -0.4 is 15.4 Å². The van der Waals surface area contributed by atoms with Gasteiger partial charge in [0.05, 0.1) is 18.8 Å². The molecule has 0 unspecified atom stereocenters. The van der Waals surface area contributed by atoms with Gasteiger partial charge in [-0.05, 0) is 41.8 Å². The van der Waals surface area contributed by atoms with E-state index in [0.717, 1.165) is 5.75 Å². The van der Waals surface area contributed by atoms with Crippen LogP contribution >= 0.6 is 0 Å². The van der Waals surface area contributed by atoms with Gasteiger partial charge in [0.1, 0.15) is 5.75 Å². The maximum Gasteiger partial charge on any atom is 0.252 e. The molecule has 6 nitrogen and oxygen atoms in total. The molecule has 0 fully saturated rings. The molecule has 1 aliphatic rings. The molecule has 0 saturated heterocycles. The van der Waals surface area contributed by atoms with E-state index in [1.807, 2.05) is 18.2 Å². The number of aliphatic hydroxyl groups is 1. The molecule has 1 aliphatic heterocycles. The molecule has 2 atom stereocenters. The van der Waals surface area contributed by atoms with E-state index >= 15 is 0 Å². The molecule has 3 N–H and O–H groups in total. The van der Waals surface area contributed by atoms with E-state index in [1.54, 1.807) is 25.4 Å². The van der Waals surface area contributed by atoms with Crippen molar-refractivity contribution in [1.29, 1.82) is 0 Å². The highest BCUT2D eigenvalue weighted by atomic mass is 16.5. The molecule has 1 aromatic heterocycles. The van der Waals surface area contributed by atoms with Crippen molar-refractivity contribution >= 4 is 5.91 Å². The van der Waals surface area contributed by atoms with Crippen LogP contribution in [0.3, 0.4) is 0 Å². The molecule has 6 heteroatoms. The van der Waals surface area contributed by atoms with E-state index in [-0.39, 0.29) is 18.5 Å². The molecule has 2 heterocycles. The van der Waals surface area contributed by atoms with Gasteiger partial charge in [-0.2, -0.15) is 0 Å². The third-order valence-corrected chi connectivity index (χ3v) is 4.27. The van der Waals surface area contributed by atoms with E-state index in [4.69, 9.17) is 4.74 Å². The third kappa shape index (κ3) is 3.72. The minimum absolute atomic E-state index is 0.0971. The monoisotopic (exact) mass is 327 g/mol. The lowest BCUT2D eigenvalue weighted by Gasteiger charge is -2.30. The average Bonchev–Trinajstić information content (AvgIpc) is 2.65. The van der Waals surface area contributed by atoms with E-state index in [9.17, 15) is 9.90 Å². The topological polar surface area (TPSA) is 83.5 Å². The summed E-state index contributed by atoms with van der Waals surface area (Å²) in [4.78, 5) is 15.9. The Morgan fingerprint density at radius 3 is 3.08 bits per heavy atom. The summed E-state index contributed by atoms with van der Waals surface area (Å²) in [6.45, 7) is 0.863. The second kappa shape index (κ2) is 7.42. The number of methoxy groups -OCH3 is 1. The van der Waals surface area contributed by atoms with E-state index < -0.39 is 6.10 Å². The van der Waals surface area contributed by atoms with Gasteiger partial charge in [-0.3, -0.25) is 9.78 Å². The number of nitrogens with one attached hydrogen (secondary N) is 2. The van der Waals surface area contributed by atoms with Crippen molar-refractivity contribution in [3.8, 4) is 5.75 Å². The maximum absolute atomic E-state index is 12.0. The Balaban J connectivity index is 1.56. The Morgan fingerprint density at radius 2 is 2.33 bits per heavy atom. The molecule has 1 aromatic carbocycles. The quantitative estimate of drug-likeness (QED) is 0.760. The number of hydrogen-bond donors (Lipinski definition) is 3. The summed E-state index contributed by atoms with van der Waals surface area (Å²) in [5.74, 6) is 0.598. The van der Waals surface area contributed by atoms with Crippen LogP contribution in [0.25, 0.3) is 0 Å². The van der Waals surface area contributed by atoms with Crippen LogP contribution in [0, 0.1) is 0 Å². The van der Waals surface area contributed by atoms with Crippen molar-refractivity contribution in [1.82, 2.24) is 15.6 Å². The van der Waals surface area contributed by atoms with Gasteiger partial charge in [0.15, 0.2) is 0 Å². The zero-order chi connectivity index (χ0) is 16.9. The van der Waals surface area contributed by atoms with Crippen LogP contribution in [0.4, 0.5) is 0 Å². The second-order valence-electron chi connectivity index (χ2n) is 5.85. The number of benzene rings is 1. The molecule has 3 rings (SSSR count). The van der Waals surface area contributed by atoms with Crippen molar-refractivity contribution in [2.45, 2.75) is 25.1 Å². The Hall–Kier alpha value is -2.44. The minimum Gasteiger partial charge on any atom is -0.497 e. The van der Waals surface area contributed by atoms with Gasteiger partial charge in [-0.1, -0.05) is 6.07 Å². The average molecular weight is 327 g/mol. The predicted molar refractivity (Wildman–Crippen MR) is 89.9 cm³/mol. The summed E-state index contributed by atoms with van der Waals surface area (Å²) >= 11 is 0. The van der Waals surface area contributed by atoms with E-state index in [2.05, 4.69) is 15.6 Å². The zero-order valence-corrected chi connectivity index (χ0v) is 13.5. The number of aromatic nitrogens is 1. The molecule has 0 radical (unpaired) electrons. The summed E-state index contributed by atoms with van der Waals surface area (Å²) in [6, 6.07) is 9.27. The smallest absolute Gasteiger partial charge is 0.252 e. The molecule has 0 spiro atoms. The summed E-state index contributed by atoms with van der Waals surface area (Å²) in [7, 11) is 1.65. The summed E-state index contributed by atoms with van der Waals surface area (Å²) in [5, 5.41) is 16.4.